The van der Waals surface area contributed by atoms with Crippen LogP contribution in [-0.2, 0) is 27.2 Å². The second-order valence-corrected chi connectivity index (χ2v) is 6.56. The Morgan fingerprint density at radius 2 is 1.70 bits per heavy atom. The van der Waals surface area contributed by atoms with Crippen molar-refractivity contribution in [2.45, 2.75) is 12.8 Å². The second-order valence-electron chi connectivity index (χ2n) is 5.70. The van der Waals surface area contributed by atoms with Crippen molar-refractivity contribution in [2.24, 2.45) is 0 Å². The molecule has 0 atom stereocenters. The minimum absolute atomic E-state index is 0.0294. The highest BCUT2D eigenvalue weighted by Gasteiger charge is 2.11. The summed E-state index contributed by atoms with van der Waals surface area (Å²) in [6.07, 6.45) is 0.192. The van der Waals surface area contributed by atoms with Crippen molar-refractivity contribution in [2.75, 3.05) is 7.11 Å². The molecular weight excluding hydrogens is 369 g/mol. The second kappa shape index (κ2) is 8.55. The number of nitrogens with zero attached hydrogens (tertiary/aromatic N) is 1. The fourth-order valence-corrected chi connectivity index (χ4v) is 3.17. The van der Waals surface area contributed by atoms with Crippen LogP contribution in [0.3, 0.4) is 0 Å². The molecule has 1 aromatic heterocycles. The highest BCUT2D eigenvalue weighted by Crippen LogP contribution is 2.24. The number of aromatic nitrogens is 1. The van der Waals surface area contributed by atoms with Crippen LogP contribution in [0, 0.1) is 5.82 Å². The lowest BCUT2D eigenvalue weighted by Gasteiger charge is -2.05. The number of ether oxygens (including phenoxy) is 2. The van der Waals surface area contributed by atoms with E-state index in [0.29, 0.717) is 16.5 Å². The third-order valence-electron chi connectivity index (χ3n) is 3.70. The van der Waals surface area contributed by atoms with Gasteiger partial charge in [0.25, 0.3) is 0 Å². The fraction of sp³-hybridized carbons (Fsp3) is 0.150. The highest BCUT2D eigenvalue weighted by atomic mass is 32.1. The zero-order chi connectivity index (χ0) is 19.2. The molecule has 138 valence electrons. The smallest absolute Gasteiger partial charge is 0.317 e. The van der Waals surface area contributed by atoms with Gasteiger partial charge < -0.3 is 9.47 Å². The molecule has 0 fully saturated rings. The number of thiazole rings is 1. The van der Waals surface area contributed by atoms with Gasteiger partial charge in [-0.05, 0) is 42.0 Å². The summed E-state index contributed by atoms with van der Waals surface area (Å²) in [5.74, 6) is -0.689. The average Bonchev–Trinajstić information content (AvgIpc) is 3.12. The van der Waals surface area contributed by atoms with Crippen LogP contribution < -0.4 is 4.74 Å². The van der Waals surface area contributed by atoms with E-state index < -0.39 is 5.97 Å². The summed E-state index contributed by atoms with van der Waals surface area (Å²) in [4.78, 5) is 27.7. The largest absolute Gasteiger partial charge is 0.469 e. The predicted molar refractivity (Wildman–Crippen MR) is 99.0 cm³/mol. The molecular formula is C20H16FNO4S. The molecule has 0 radical (unpaired) electrons. The maximum absolute atomic E-state index is 13.0. The van der Waals surface area contributed by atoms with Gasteiger partial charge in [-0.15, -0.1) is 11.3 Å². The number of hydrogen-bond acceptors (Lipinski definition) is 6. The van der Waals surface area contributed by atoms with E-state index in [4.69, 9.17) is 4.74 Å². The maximum atomic E-state index is 13.0. The number of benzene rings is 2. The third-order valence-corrected chi connectivity index (χ3v) is 4.64. The number of rotatable bonds is 6. The summed E-state index contributed by atoms with van der Waals surface area (Å²) in [5, 5.41) is 2.49. The maximum Gasteiger partial charge on any atom is 0.317 e. The Balaban J connectivity index is 1.58. The van der Waals surface area contributed by atoms with Crippen molar-refractivity contribution in [3.8, 4) is 16.3 Å². The number of carbonyl (C=O) groups is 2. The quantitative estimate of drug-likeness (QED) is 0.477. The van der Waals surface area contributed by atoms with Crippen LogP contribution >= 0.6 is 11.3 Å². The van der Waals surface area contributed by atoms with E-state index >= 15 is 0 Å². The first-order valence-electron chi connectivity index (χ1n) is 8.10. The molecule has 3 aromatic rings. The average molecular weight is 385 g/mol. The van der Waals surface area contributed by atoms with Crippen LogP contribution in [0.15, 0.2) is 53.9 Å². The minimum Gasteiger partial charge on any atom is -0.469 e. The normalized spacial score (nSPS) is 10.4. The van der Waals surface area contributed by atoms with E-state index in [9.17, 15) is 14.0 Å². The van der Waals surface area contributed by atoms with E-state index in [2.05, 4.69) is 9.72 Å². The Morgan fingerprint density at radius 3 is 2.37 bits per heavy atom. The van der Waals surface area contributed by atoms with E-state index in [1.54, 1.807) is 41.8 Å². The molecule has 1 heterocycles. The van der Waals surface area contributed by atoms with Crippen molar-refractivity contribution in [1.82, 2.24) is 4.98 Å². The van der Waals surface area contributed by atoms with Crippen molar-refractivity contribution >= 4 is 23.3 Å². The predicted octanol–water partition coefficient (Wildman–Crippen LogP) is 3.81. The van der Waals surface area contributed by atoms with E-state index in [1.165, 1.54) is 30.6 Å². The van der Waals surface area contributed by atoms with E-state index in [-0.39, 0.29) is 24.6 Å². The fourth-order valence-electron chi connectivity index (χ4n) is 2.34. The van der Waals surface area contributed by atoms with Gasteiger partial charge in [0.05, 0.1) is 25.6 Å². The van der Waals surface area contributed by atoms with Crippen LogP contribution in [0.5, 0.6) is 5.75 Å². The van der Waals surface area contributed by atoms with Crippen molar-refractivity contribution < 1.29 is 23.5 Å². The van der Waals surface area contributed by atoms with Crippen molar-refractivity contribution in [3.63, 3.8) is 0 Å². The van der Waals surface area contributed by atoms with Gasteiger partial charge in [-0.1, -0.05) is 12.1 Å². The van der Waals surface area contributed by atoms with Gasteiger partial charge in [-0.2, -0.15) is 0 Å². The first-order valence-corrected chi connectivity index (χ1v) is 8.98. The molecule has 0 bridgehead atoms. The molecule has 7 heteroatoms. The molecule has 0 spiro atoms. The zero-order valence-electron chi connectivity index (χ0n) is 14.5. The molecule has 27 heavy (non-hydrogen) atoms. The van der Waals surface area contributed by atoms with Gasteiger partial charge in [0, 0.05) is 10.9 Å². The number of carbonyl (C=O) groups excluding carboxylic acids is 2. The molecule has 0 amide bonds. The summed E-state index contributed by atoms with van der Waals surface area (Å²) in [6, 6.07) is 12.7. The Hall–Kier alpha value is -3.06. The third kappa shape index (κ3) is 5.21. The lowest BCUT2D eigenvalue weighted by atomic mass is 10.1. The molecule has 5 nitrogen and oxygen atoms in total. The Bertz CT molecular complexity index is 935. The Morgan fingerprint density at radius 1 is 1.00 bits per heavy atom. The number of halogens is 1. The van der Waals surface area contributed by atoms with Gasteiger partial charge in [0.1, 0.15) is 16.6 Å². The lowest BCUT2D eigenvalue weighted by molar-refractivity contribution is -0.139. The van der Waals surface area contributed by atoms with Gasteiger partial charge in [0.15, 0.2) is 0 Å². The number of methoxy groups -OCH3 is 1. The summed E-state index contributed by atoms with van der Waals surface area (Å²) >= 11 is 1.38. The van der Waals surface area contributed by atoms with Crippen LogP contribution in [0.1, 0.15) is 11.3 Å². The SMILES string of the molecule is COC(=O)Cc1ccc(OC(=O)Cc2csc(-c3ccc(F)cc3)n2)cc1. The molecule has 3 rings (SSSR count). The van der Waals surface area contributed by atoms with Gasteiger partial charge in [0.2, 0.25) is 0 Å². The van der Waals surface area contributed by atoms with E-state index in [1.807, 2.05) is 0 Å². The number of hydrogen-bond donors (Lipinski definition) is 0. The lowest BCUT2D eigenvalue weighted by Crippen LogP contribution is -2.11. The molecule has 0 aliphatic carbocycles. The van der Waals surface area contributed by atoms with Crippen molar-refractivity contribution in [3.05, 3.63) is 71.0 Å². The molecule has 0 aliphatic rings. The standard InChI is InChI=1S/C20H16FNO4S/c1-25-18(23)10-13-2-8-17(9-3-13)26-19(24)11-16-12-27-20(22-16)14-4-6-15(21)7-5-14/h2-9,12H,10-11H2,1H3. The first-order chi connectivity index (χ1) is 13.0. The van der Waals surface area contributed by atoms with Crippen LogP contribution in [0.4, 0.5) is 4.39 Å². The summed E-state index contributed by atoms with van der Waals surface area (Å²) in [6.45, 7) is 0. The van der Waals surface area contributed by atoms with E-state index in [0.717, 1.165) is 11.1 Å². The summed E-state index contributed by atoms with van der Waals surface area (Å²) in [5.41, 5.74) is 2.15. The molecule has 0 saturated carbocycles. The summed E-state index contributed by atoms with van der Waals surface area (Å²) < 4.78 is 22.9. The van der Waals surface area contributed by atoms with Gasteiger partial charge in [-0.25, -0.2) is 9.37 Å². The van der Waals surface area contributed by atoms with Crippen LogP contribution in [0.2, 0.25) is 0 Å². The Labute approximate surface area is 159 Å². The topological polar surface area (TPSA) is 65.5 Å². The highest BCUT2D eigenvalue weighted by molar-refractivity contribution is 7.13. The Kier molecular flexibility index (Phi) is 5.93. The van der Waals surface area contributed by atoms with Crippen molar-refractivity contribution in [1.29, 1.82) is 0 Å². The molecule has 2 aromatic carbocycles. The van der Waals surface area contributed by atoms with Crippen LogP contribution in [-0.4, -0.2) is 24.0 Å². The monoisotopic (exact) mass is 385 g/mol. The molecule has 0 aliphatic heterocycles. The summed E-state index contributed by atoms with van der Waals surface area (Å²) in [7, 11) is 1.33. The minimum atomic E-state index is -0.438. The number of esters is 2. The van der Waals surface area contributed by atoms with Gasteiger partial charge in [-0.3, -0.25) is 9.59 Å². The molecule has 0 N–H and O–H groups in total. The first kappa shape index (κ1) is 18.7. The molecule has 0 saturated heterocycles. The van der Waals surface area contributed by atoms with Crippen LogP contribution in [0.25, 0.3) is 10.6 Å². The zero-order valence-corrected chi connectivity index (χ0v) is 15.3. The van der Waals surface area contributed by atoms with Gasteiger partial charge >= 0.3 is 11.9 Å². The molecule has 0 unspecified atom stereocenters.